The van der Waals surface area contributed by atoms with E-state index in [1.54, 1.807) is 23.8 Å². The lowest BCUT2D eigenvalue weighted by Crippen LogP contribution is -1.25. The van der Waals surface area contributed by atoms with Gasteiger partial charge >= 0.3 is 7.80 Å². The topological polar surface area (TPSA) is 17.1 Å². The van der Waals surface area contributed by atoms with E-state index in [1.807, 2.05) is 0 Å². The third kappa shape index (κ3) is 0.550. The third-order valence-electron chi connectivity index (χ3n) is 0.577. The standard InChI is InChI=1S/C4H4OP/c5-6-3-1-2-4-6/h1-4H/q+1. The van der Waals surface area contributed by atoms with Crippen LogP contribution in [0, 0.1) is 0 Å². The van der Waals surface area contributed by atoms with E-state index in [4.69, 9.17) is 0 Å². The monoisotopic (exact) mass is 99.0 g/mol. The van der Waals surface area contributed by atoms with E-state index in [9.17, 15) is 4.57 Å². The molecule has 0 aromatic heterocycles. The van der Waals surface area contributed by atoms with Crippen LogP contribution < -0.4 is 0 Å². The van der Waals surface area contributed by atoms with Gasteiger partial charge in [-0.3, -0.25) is 0 Å². The van der Waals surface area contributed by atoms with Crippen molar-refractivity contribution in [3.05, 3.63) is 23.8 Å². The zero-order valence-corrected chi connectivity index (χ0v) is 4.06. The average Bonchev–Trinajstić information content (AvgIpc) is 1.86. The highest BCUT2D eigenvalue weighted by Gasteiger charge is 2.05. The van der Waals surface area contributed by atoms with E-state index >= 15 is 0 Å². The van der Waals surface area contributed by atoms with Crippen molar-refractivity contribution in [3.8, 4) is 0 Å². The Hall–Kier alpha value is -0.420. The number of hydrogen-bond acceptors (Lipinski definition) is 1. The first kappa shape index (κ1) is 3.76. The highest BCUT2D eigenvalue weighted by molar-refractivity contribution is 7.52. The molecule has 1 nitrogen and oxygen atoms in total. The van der Waals surface area contributed by atoms with Gasteiger partial charge in [-0.2, -0.15) is 0 Å². The molecule has 0 radical (unpaired) electrons. The van der Waals surface area contributed by atoms with Crippen molar-refractivity contribution in [2.75, 3.05) is 0 Å². The SMILES string of the molecule is O=[P+]1C=CC=C1. The summed E-state index contributed by atoms with van der Waals surface area (Å²) in [5.74, 6) is 3.35. The number of hydrogen-bond donors (Lipinski definition) is 0. The minimum Gasteiger partial charge on any atom is -0.0627 e. The molecular weight excluding hydrogens is 95.0 g/mol. The van der Waals surface area contributed by atoms with Crippen molar-refractivity contribution in [1.29, 1.82) is 0 Å². The molecule has 0 spiro atoms. The van der Waals surface area contributed by atoms with Crippen LogP contribution in [0.25, 0.3) is 0 Å². The molecular formula is C4H4OP+. The Kier molecular flexibility index (Phi) is 0.849. The first-order valence-electron chi connectivity index (χ1n) is 1.70. The van der Waals surface area contributed by atoms with Crippen molar-refractivity contribution in [2.45, 2.75) is 0 Å². The molecule has 0 aromatic rings. The Morgan fingerprint density at radius 1 is 1.17 bits per heavy atom. The molecule has 0 atom stereocenters. The van der Waals surface area contributed by atoms with Crippen LogP contribution in [-0.2, 0) is 4.57 Å². The summed E-state index contributed by atoms with van der Waals surface area (Å²) in [5, 5.41) is 0. The molecule has 0 fully saturated rings. The Bertz CT molecular complexity index is 110. The Balaban J connectivity index is 2.86. The lowest BCUT2D eigenvalue weighted by molar-refractivity contribution is 0.597. The van der Waals surface area contributed by atoms with E-state index in [1.165, 1.54) is 0 Å². The first-order valence-corrected chi connectivity index (χ1v) is 3.10. The molecule has 0 aromatic carbocycles. The van der Waals surface area contributed by atoms with Gasteiger partial charge in [-0.05, 0) is 12.2 Å². The van der Waals surface area contributed by atoms with Crippen LogP contribution in [0.5, 0.6) is 0 Å². The maximum Gasteiger partial charge on any atom is 0.399 e. The molecule has 0 unspecified atom stereocenters. The van der Waals surface area contributed by atoms with Gasteiger partial charge in [0.2, 0.25) is 0 Å². The normalized spacial score (nSPS) is 17.0. The molecule has 2 heteroatoms. The molecule has 0 bridgehead atoms. The summed E-state index contributed by atoms with van der Waals surface area (Å²) in [4.78, 5) is 0. The maximum atomic E-state index is 10.2. The second kappa shape index (κ2) is 1.36. The van der Waals surface area contributed by atoms with E-state index in [-0.39, 0.29) is 0 Å². The first-order chi connectivity index (χ1) is 2.89. The van der Waals surface area contributed by atoms with Crippen LogP contribution >= 0.6 is 7.80 Å². The molecule has 0 saturated carbocycles. The van der Waals surface area contributed by atoms with Gasteiger partial charge < -0.3 is 0 Å². The Morgan fingerprint density at radius 3 is 1.83 bits per heavy atom. The molecule has 0 saturated heterocycles. The molecule has 0 amide bonds. The summed E-state index contributed by atoms with van der Waals surface area (Å²) in [6.45, 7) is 0. The number of allylic oxidation sites excluding steroid dienone is 2. The lowest BCUT2D eigenvalue weighted by atomic mass is 10.6. The van der Waals surface area contributed by atoms with Gasteiger partial charge in [0.15, 0.2) is 11.6 Å². The Morgan fingerprint density at radius 2 is 1.67 bits per heavy atom. The van der Waals surface area contributed by atoms with Gasteiger partial charge in [-0.1, -0.05) is 4.57 Å². The summed E-state index contributed by atoms with van der Waals surface area (Å²) in [6.07, 6.45) is 3.58. The van der Waals surface area contributed by atoms with Gasteiger partial charge in [0.1, 0.15) is 0 Å². The largest absolute Gasteiger partial charge is 0.399 e. The van der Waals surface area contributed by atoms with Crippen LogP contribution in [0.1, 0.15) is 0 Å². The van der Waals surface area contributed by atoms with Gasteiger partial charge in [0.25, 0.3) is 0 Å². The van der Waals surface area contributed by atoms with Crippen molar-refractivity contribution in [3.63, 3.8) is 0 Å². The fourth-order valence-corrected chi connectivity index (χ4v) is 0.956. The highest BCUT2D eigenvalue weighted by Crippen LogP contribution is 2.27. The van der Waals surface area contributed by atoms with Crippen molar-refractivity contribution < 1.29 is 4.57 Å². The molecule has 30 valence electrons. The Labute approximate surface area is 37.2 Å². The zero-order valence-electron chi connectivity index (χ0n) is 3.16. The fourth-order valence-electron chi connectivity index (χ4n) is 0.319. The van der Waals surface area contributed by atoms with Crippen LogP contribution in [0.2, 0.25) is 0 Å². The van der Waals surface area contributed by atoms with Crippen molar-refractivity contribution in [1.82, 2.24) is 0 Å². The summed E-state index contributed by atoms with van der Waals surface area (Å²) in [5.41, 5.74) is 0. The summed E-state index contributed by atoms with van der Waals surface area (Å²) >= 11 is 0. The highest BCUT2D eigenvalue weighted by atomic mass is 31.1. The summed E-state index contributed by atoms with van der Waals surface area (Å²) in [6, 6.07) is 0. The smallest absolute Gasteiger partial charge is 0.0627 e. The third-order valence-corrected chi connectivity index (χ3v) is 1.51. The van der Waals surface area contributed by atoms with Gasteiger partial charge in [-0.15, -0.1) is 0 Å². The molecule has 1 rings (SSSR count). The molecule has 0 N–H and O–H groups in total. The predicted molar refractivity (Wildman–Crippen MR) is 25.9 cm³/mol. The molecule has 6 heavy (non-hydrogen) atoms. The number of rotatable bonds is 0. The predicted octanol–water partition coefficient (Wildman–Crippen LogP) is 1.85. The van der Waals surface area contributed by atoms with Crippen molar-refractivity contribution in [2.24, 2.45) is 0 Å². The van der Waals surface area contributed by atoms with E-state index in [2.05, 4.69) is 0 Å². The second-order valence-electron chi connectivity index (χ2n) is 1.04. The molecule has 1 heterocycles. The zero-order chi connectivity index (χ0) is 4.41. The second-order valence-corrected chi connectivity index (χ2v) is 2.36. The van der Waals surface area contributed by atoms with E-state index in [0.717, 1.165) is 0 Å². The molecule has 0 aliphatic carbocycles. The van der Waals surface area contributed by atoms with E-state index < -0.39 is 7.80 Å². The van der Waals surface area contributed by atoms with Crippen LogP contribution in [0.4, 0.5) is 0 Å². The fraction of sp³-hybridized carbons (Fsp3) is 0. The van der Waals surface area contributed by atoms with Gasteiger partial charge in [-0.25, -0.2) is 0 Å². The minimum atomic E-state index is -1.08. The summed E-state index contributed by atoms with van der Waals surface area (Å²) in [7, 11) is -1.08. The van der Waals surface area contributed by atoms with Crippen molar-refractivity contribution >= 4 is 7.80 Å². The lowest BCUT2D eigenvalue weighted by Gasteiger charge is -1.42. The van der Waals surface area contributed by atoms with Crippen LogP contribution in [0.15, 0.2) is 23.8 Å². The van der Waals surface area contributed by atoms with Gasteiger partial charge in [0, 0.05) is 0 Å². The van der Waals surface area contributed by atoms with Crippen LogP contribution in [0.3, 0.4) is 0 Å². The minimum absolute atomic E-state index is 1.08. The quantitative estimate of drug-likeness (QED) is 0.423. The van der Waals surface area contributed by atoms with Crippen LogP contribution in [-0.4, -0.2) is 0 Å². The molecule has 1 aliphatic rings. The van der Waals surface area contributed by atoms with Gasteiger partial charge in [0.05, 0.1) is 0 Å². The van der Waals surface area contributed by atoms with E-state index in [0.29, 0.717) is 0 Å². The molecule has 1 aliphatic heterocycles. The summed E-state index contributed by atoms with van der Waals surface area (Å²) < 4.78 is 10.2. The average molecular weight is 99.0 g/mol. The maximum absolute atomic E-state index is 10.2.